The molecule has 4 heterocycles. The summed E-state index contributed by atoms with van der Waals surface area (Å²) in [6, 6.07) is 12.1. The van der Waals surface area contributed by atoms with E-state index in [-0.39, 0.29) is 6.10 Å². The number of thiazole rings is 1. The number of benzene rings is 2. The minimum atomic E-state index is 0.0816. The van der Waals surface area contributed by atoms with Gasteiger partial charge < -0.3 is 14.8 Å². The van der Waals surface area contributed by atoms with Gasteiger partial charge in [-0.05, 0) is 37.3 Å². The number of nitrogens with one attached hydrogen (secondary N) is 1. The van der Waals surface area contributed by atoms with Gasteiger partial charge in [0.05, 0.1) is 51.2 Å². The Hall–Kier alpha value is -3.56. The van der Waals surface area contributed by atoms with Crippen LogP contribution in [-0.2, 0) is 4.74 Å². The van der Waals surface area contributed by atoms with E-state index in [0.717, 1.165) is 56.8 Å². The van der Waals surface area contributed by atoms with Gasteiger partial charge in [-0.25, -0.2) is 19.6 Å². The van der Waals surface area contributed by atoms with Gasteiger partial charge in [0.25, 0.3) is 0 Å². The van der Waals surface area contributed by atoms with E-state index in [1.807, 2.05) is 53.6 Å². The van der Waals surface area contributed by atoms with Crippen LogP contribution in [0.5, 0.6) is 5.75 Å². The second-order valence-electron chi connectivity index (χ2n) is 8.05. The predicted octanol–water partition coefficient (Wildman–Crippen LogP) is 5.04. The van der Waals surface area contributed by atoms with Crippen LogP contribution in [0.15, 0.2) is 54.4 Å². The number of hydrogen-bond acceptors (Lipinski definition) is 8. The number of aryl methyl sites for hydroxylation is 1. The lowest BCUT2D eigenvalue weighted by atomic mass is 10.1. The van der Waals surface area contributed by atoms with Crippen LogP contribution < -0.4 is 10.1 Å². The number of aromatic nitrogens is 5. The van der Waals surface area contributed by atoms with E-state index in [4.69, 9.17) is 9.47 Å². The van der Waals surface area contributed by atoms with Crippen molar-refractivity contribution in [2.45, 2.75) is 25.9 Å². The standard InChI is InChI=1S/C24H22N6O2S/c1-15-4-7-30(29-15)17-11-20-23(21(12-17)32-18-5-8-31-9-6-18)24(26-13-25-20)28-16-2-3-19-22(10-16)33-14-27-19/h2-4,7,10-14,18H,5-6,8-9H2,1H3,(H,25,26,28). The predicted molar refractivity (Wildman–Crippen MR) is 129 cm³/mol. The molecule has 1 fully saturated rings. The van der Waals surface area contributed by atoms with Crippen molar-refractivity contribution in [2.75, 3.05) is 18.5 Å². The molecule has 0 bridgehead atoms. The molecule has 0 atom stereocenters. The third kappa shape index (κ3) is 4.01. The van der Waals surface area contributed by atoms with Crippen LogP contribution in [0.25, 0.3) is 26.8 Å². The molecule has 0 aliphatic carbocycles. The van der Waals surface area contributed by atoms with Crippen LogP contribution in [0.4, 0.5) is 11.5 Å². The molecule has 0 unspecified atom stereocenters. The second-order valence-corrected chi connectivity index (χ2v) is 8.94. The second kappa shape index (κ2) is 8.42. The van der Waals surface area contributed by atoms with Gasteiger partial charge >= 0.3 is 0 Å². The molecule has 0 saturated carbocycles. The van der Waals surface area contributed by atoms with Crippen LogP contribution >= 0.6 is 11.3 Å². The monoisotopic (exact) mass is 458 g/mol. The highest BCUT2D eigenvalue weighted by molar-refractivity contribution is 7.16. The van der Waals surface area contributed by atoms with Gasteiger partial charge in [-0.15, -0.1) is 11.3 Å². The molecular weight excluding hydrogens is 436 g/mol. The van der Waals surface area contributed by atoms with E-state index < -0.39 is 0 Å². The average molecular weight is 459 g/mol. The Labute approximate surface area is 194 Å². The van der Waals surface area contributed by atoms with E-state index in [0.29, 0.717) is 19.0 Å². The van der Waals surface area contributed by atoms with Crippen LogP contribution in [0, 0.1) is 6.92 Å². The first kappa shape index (κ1) is 20.1. The Morgan fingerprint density at radius 3 is 2.82 bits per heavy atom. The Kier molecular flexibility index (Phi) is 5.12. The first-order chi connectivity index (χ1) is 16.2. The third-order valence-electron chi connectivity index (χ3n) is 5.73. The zero-order chi connectivity index (χ0) is 22.2. The summed E-state index contributed by atoms with van der Waals surface area (Å²) in [4.78, 5) is 13.5. The Balaban J connectivity index is 1.46. The van der Waals surface area contributed by atoms with Crippen molar-refractivity contribution in [3.63, 3.8) is 0 Å². The molecular formula is C24H22N6O2S. The number of nitrogens with zero attached hydrogens (tertiary/aromatic N) is 5. The first-order valence-electron chi connectivity index (χ1n) is 10.9. The zero-order valence-electron chi connectivity index (χ0n) is 18.1. The fourth-order valence-electron chi connectivity index (χ4n) is 4.06. The summed E-state index contributed by atoms with van der Waals surface area (Å²) in [5.74, 6) is 1.44. The summed E-state index contributed by atoms with van der Waals surface area (Å²) in [5, 5.41) is 8.89. The molecule has 6 rings (SSSR count). The molecule has 166 valence electrons. The van der Waals surface area contributed by atoms with Crippen LogP contribution in [0.3, 0.4) is 0 Å². The van der Waals surface area contributed by atoms with E-state index >= 15 is 0 Å². The van der Waals surface area contributed by atoms with Gasteiger partial charge in [0.15, 0.2) is 0 Å². The minimum absolute atomic E-state index is 0.0816. The Morgan fingerprint density at radius 1 is 1.06 bits per heavy atom. The molecule has 1 saturated heterocycles. The van der Waals surface area contributed by atoms with Crippen molar-refractivity contribution >= 4 is 44.0 Å². The van der Waals surface area contributed by atoms with E-state index in [2.05, 4.69) is 31.4 Å². The van der Waals surface area contributed by atoms with Gasteiger partial charge in [0, 0.05) is 30.8 Å². The van der Waals surface area contributed by atoms with Crippen molar-refractivity contribution in [3.05, 3.63) is 60.1 Å². The highest BCUT2D eigenvalue weighted by Gasteiger charge is 2.20. The van der Waals surface area contributed by atoms with Gasteiger partial charge in [0.2, 0.25) is 0 Å². The summed E-state index contributed by atoms with van der Waals surface area (Å²) in [7, 11) is 0. The fraction of sp³-hybridized carbons (Fsp3) is 0.250. The van der Waals surface area contributed by atoms with Gasteiger partial charge in [-0.2, -0.15) is 5.10 Å². The summed E-state index contributed by atoms with van der Waals surface area (Å²) in [6.07, 6.45) is 5.31. The third-order valence-corrected chi connectivity index (χ3v) is 6.52. The van der Waals surface area contributed by atoms with E-state index in [1.54, 1.807) is 17.7 Å². The summed E-state index contributed by atoms with van der Waals surface area (Å²) < 4.78 is 15.0. The maximum absolute atomic E-state index is 6.52. The summed E-state index contributed by atoms with van der Waals surface area (Å²) >= 11 is 1.61. The van der Waals surface area contributed by atoms with Crippen LogP contribution in [0.2, 0.25) is 0 Å². The van der Waals surface area contributed by atoms with Crippen molar-refractivity contribution < 1.29 is 9.47 Å². The SMILES string of the molecule is Cc1ccn(-c2cc(OC3CCOCC3)c3c(Nc4ccc5ncsc5c4)ncnc3c2)n1. The molecule has 5 aromatic rings. The average Bonchev–Trinajstić information content (AvgIpc) is 3.48. The molecule has 0 radical (unpaired) electrons. The van der Waals surface area contributed by atoms with Gasteiger partial charge in [-0.1, -0.05) is 0 Å². The smallest absolute Gasteiger partial charge is 0.145 e. The Morgan fingerprint density at radius 2 is 1.97 bits per heavy atom. The normalized spacial score (nSPS) is 14.7. The molecule has 1 N–H and O–H groups in total. The van der Waals surface area contributed by atoms with Gasteiger partial charge in [0.1, 0.15) is 24.0 Å². The van der Waals surface area contributed by atoms with E-state index in [9.17, 15) is 0 Å². The molecule has 1 aliphatic rings. The molecule has 0 spiro atoms. The lowest BCUT2D eigenvalue weighted by Crippen LogP contribution is -2.26. The molecule has 0 amide bonds. The molecule has 9 heteroatoms. The Bertz CT molecular complexity index is 1440. The lowest BCUT2D eigenvalue weighted by molar-refractivity contribution is 0.0262. The number of rotatable bonds is 5. The van der Waals surface area contributed by atoms with Crippen LogP contribution in [-0.4, -0.2) is 44.1 Å². The largest absolute Gasteiger partial charge is 0.489 e. The molecule has 8 nitrogen and oxygen atoms in total. The number of anilines is 2. The topological polar surface area (TPSA) is 87.0 Å². The summed E-state index contributed by atoms with van der Waals surface area (Å²) in [6.45, 7) is 3.38. The maximum atomic E-state index is 6.52. The van der Waals surface area contributed by atoms with Crippen molar-refractivity contribution in [2.24, 2.45) is 0 Å². The maximum Gasteiger partial charge on any atom is 0.145 e. The van der Waals surface area contributed by atoms with E-state index in [1.165, 1.54) is 0 Å². The number of ether oxygens (including phenoxy) is 2. The van der Waals surface area contributed by atoms with Gasteiger partial charge in [-0.3, -0.25) is 0 Å². The molecule has 1 aliphatic heterocycles. The number of fused-ring (bicyclic) bond motifs is 2. The minimum Gasteiger partial charge on any atom is -0.489 e. The first-order valence-corrected chi connectivity index (χ1v) is 11.8. The molecule has 3 aromatic heterocycles. The molecule has 33 heavy (non-hydrogen) atoms. The highest BCUT2D eigenvalue weighted by atomic mass is 32.1. The van der Waals surface area contributed by atoms with Crippen molar-refractivity contribution in [3.8, 4) is 11.4 Å². The van der Waals surface area contributed by atoms with Crippen LogP contribution in [0.1, 0.15) is 18.5 Å². The highest BCUT2D eigenvalue weighted by Crippen LogP contribution is 2.36. The molecule has 2 aromatic carbocycles. The van der Waals surface area contributed by atoms with Crippen molar-refractivity contribution in [1.29, 1.82) is 0 Å². The quantitative estimate of drug-likeness (QED) is 0.395. The van der Waals surface area contributed by atoms with Crippen molar-refractivity contribution in [1.82, 2.24) is 24.7 Å². The summed E-state index contributed by atoms with van der Waals surface area (Å²) in [5.41, 5.74) is 6.42. The fourth-order valence-corrected chi connectivity index (χ4v) is 4.78. The lowest BCUT2D eigenvalue weighted by Gasteiger charge is -2.24. The zero-order valence-corrected chi connectivity index (χ0v) is 18.9. The number of hydrogen-bond donors (Lipinski definition) is 1.